The number of furan rings is 2. The molecular weight excluding hydrogens is 336 g/mol. The van der Waals surface area contributed by atoms with E-state index < -0.39 is 17.1 Å². The molecule has 2 atom stereocenters. The third kappa shape index (κ3) is 2.86. The predicted molar refractivity (Wildman–Crippen MR) is 94.1 cm³/mol. The molecule has 26 heavy (non-hydrogen) atoms. The maximum absolute atomic E-state index is 11.6. The number of hydrazone groups is 1. The average molecular weight is 352 g/mol. The zero-order valence-corrected chi connectivity index (χ0v) is 13.9. The van der Waals surface area contributed by atoms with E-state index in [4.69, 9.17) is 8.83 Å². The van der Waals surface area contributed by atoms with Crippen molar-refractivity contribution in [3.8, 4) is 0 Å². The number of aryl methyl sites for hydroxylation is 1. The van der Waals surface area contributed by atoms with Crippen LogP contribution in [0.1, 0.15) is 29.3 Å². The van der Waals surface area contributed by atoms with Crippen molar-refractivity contribution >= 4 is 11.5 Å². The highest BCUT2D eigenvalue weighted by atomic mass is 16.6. The Bertz CT molecular complexity index is 917. The molecule has 8 heteroatoms. The molecule has 0 aliphatic carbocycles. The molecule has 0 unspecified atom stereocenters. The van der Waals surface area contributed by atoms with Crippen LogP contribution in [0.3, 0.4) is 0 Å². The lowest BCUT2D eigenvalue weighted by Gasteiger charge is -2.30. The number of nitrogens with zero attached hydrogens (tertiary/aromatic N) is 3. The number of nitrogens with one attached hydrogen (secondary N) is 1. The van der Waals surface area contributed by atoms with E-state index in [1.54, 1.807) is 35.5 Å². The number of amidine groups is 1. The number of rotatable bonds is 3. The van der Waals surface area contributed by atoms with Crippen molar-refractivity contribution in [3.63, 3.8) is 0 Å². The normalized spacial score (nSPS) is 20.0. The Hall–Kier alpha value is -3.39. The van der Waals surface area contributed by atoms with E-state index in [1.165, 1.54) is 6.26 Å². The highest BCUT2D eigenvalue weighted by molar-refractivity contribution is 5.83. The summed E-state index contributed by atoms with van der Waals surface area (Å²) in [6.45, 7) is 1.97. The molecule has 0 saturated heterocycles. The average Bonchev–Trinajstić information content (AvgIpc) is 3.35. The standard InChI is InChI=1S/C18H16N4O4/c1-12-6-8-13(9-7-12)21-17(15-5-3-11-26-15)19-16(14-4-2-10-25-14)18(20-21)22(23)24/h2-11,16-17,19H,1H3/t16-,17+/m0/s1. The van der Waals surface area contributed by atoms with Crippen molar-refractivity contribution in [1.82, 2.24) is 5.32 Å². The molecule has 1 N–H and O–H groups in total. The summed E-state index contributed by atoms with van der Waals surface area (Å²) in [7, 11) is 0. The zero-order valence-electron chi connectivity index (χ0n) is 13.9. The van der Waals surface area contributed by atoms with Gasteiger partial charge in [-0.05, 0) is 48.2 Å². The Balaban J connectivity index is 1.83. The summed E-state index contributed by atoms with van der Waals surface area (Å²) in [6, 6.07) is 13.7. The monoisotopic (exact) mass is 352 g/mol. The SMILES string of the molecule is Cc1ccc(N2N=C([N+](=O)[O-])[C@H](c3ccco3)N[C@H]2c2ccco2)cc1. The molecule has 3 heterocycles. The lowest BCUT2D eigenvalue weighted by Crippen LogP contribution is -2.47. The second-order valence-corrected chi connectivity index (χ2v) is 5.93. The minimum atomic E-state index is -0.795. The van der Waals surface area contributed by atoms with Gasteiger partial charge in [-0.15, -0.1) is 5.01 Å². The second kappa shape index (κ2) is 6.49. The molecule has 0 spiro atoms. The number of anilines is 1. The minimum absolute atomic E-state index is 0.247. The van der Waals surface area contributed by atoms with Gasteiger partial charge >= 0.3 is 5.84 Å². The second-order valence-electron chi connectivity index (χ2n) is 5.93. The van der Waals surface area contributed by atoms with Crippen LogP contribution in [0.2, 0.25) is 0 Å². The fourth-order valence-corrected chi connectivity index (χ4v) is 2.89. The Morgan fingerprint density at radius 1 is 1.08 bits per heavy atom. The molecule has 132 valence electrons. The summed E-state index contributed by atoms with van der Waals surface area (Å²) in [5.74, 6) is 0.761. The number of benzene rings is 1. The third-order valence-corrected chi connectivity index (χ3v) is 4.16. The molecule has 1 aliphatic rings. The fraction of sp³-hybridized carbons (Fsp3) is 0.167. The molecule has 3 aromatic rings. The minimum Gasteiger partial charge on any atom is -0.467 e. The van der Waals surface area contributed by atoms with E-state index in [2.05, 4.69) is 10.4 Å². The van der Waals surface area contributed by atoms with Crippen molar-refractivity contribution in [1.29, 1.82) is 0 Å². The van der Waals surface area contributed by atoms with E-state index in [-0.39, 0.29) is 5.84 Å². The van der Waals surface area contributed by atoms with Crippen LogP contribution in [0.5, 0.6) is 0 Å². The van der Waals surface area contributed by atoms with E-state index in [0.29, 0.717) is 17.2 Å². The summed E-state index contributed by atoms with van der Waals surface area (Å²) >= 11 is 0. The molecule has 0 bridgehead atoms. The van der Waals surface area contributed by atoms with Crippen LogP contribution in [0.15, 0.2) is 75.0 Å². The van der Waals surface area contributed by atoms with Crippen molar-refractivity contribution in [3.05, 3.63) is 88.3 Å². The van der Waals surface area contributed by atoms with Gasteiger partial charge in [0.15, 0.2) is 12.2 Å². The topological polar surface area (TPSA) is 97.0 Å². The summed E-state index contributed by atoms with van der Waals surface area (Å²) < 4.78 is 10.9. The van der Waals surface area contributed by atoms with Crippen LogP contribution < -0.4 is 10.3 Å². The predicted octanol–water partition coefficient (Wildman–Crippen LogP) is 3.62. The van der Waals surface area contributed by atoms with Gasteiger partial charge in [0.1, 0.15) is 11.5 Å². The van der Waals surface area contributed by atoms with Crippen LogP contribution in [-0.2, 0) is 0 Å². The van der Waals surface area contributed by atoms with E-state index in [9.17, 15) is 10.1 Å². The number of nitro groups is 1. The van der Waals surface area contributed by atoms with Gasteiger partial charge in [0.25, 0.3) is 0 Å². The van der Waals surface area contributed by atoms with Crippen LogP contribution in [0.4, 0.5) is 5.69 Å². The van der Waals surface area contributed by atoms with Crippen LogP contribution in [0, 0.1) is 17.0 Å². The lowest BCUT2D eigenvalue weighted by atomic mass is 10.1. The summed E-state index contributed by atoms with van der Waals surface area (Å²) in [4.78, 5) is 11.1. The quantitative estimate of drug-likeness (QED) is 0.571. The Kier molecular flexibility index (Phi) is 4.02. The van der Waals surface area contributed by atoms with Gasteiger partial charge in [-0.25, -0.2) is 0 Å². The first-order valence-corrected chi connectivity index (χ1v) is 8.05. The highest BCUT2D eigenvalue weighted by Crippen LogP contribution is 2.33. The van der Waals surface area contributed by atoms with Crippen molar-refractivity contribution in [2.75, 3.05) is 5.01 Å². The summed E-state index contributed by atoms with van der Waals surface area (Å²) in [5, 5.41) is 20.7. The molecule has 0 saturated carbocycles. The molecule has 0 fully saturated rings. The van der Waals surface area contributed by atoms with E-state index in [0.717, 1.165) is 5.56 Å². The van der Waals surface area contributed by atoms with Gasteiger partial charge < -0.3 is 18.9 Å². The molecule has 0 amide bonds. The van der Waals surface area contributed by atoms with Crippen LogP contribution >= 0.6 is 0 Å². The van der Waals surface area contributed by atoms with E-state index >= 15 is 0 Å². The number of hydrogen-bond donors (Lipinski definition) is 1. The Labute approximate surface area is 148 Å². The maximum atomic E-state index is 11.6. The molecule has 2 aromatic heterocycles. The Morgan fingerprint density at radius 3 is 2.31 bits per heavy atom. The number of hydrogen-bond acceptors (Lipinski definition) is 7. The van der Waals surface area contributed by atoms with Gasteiger partial charge in [0, 0.05) is 0 Å². The fourth-order valence-electron chi connectivity index (χ4n) is 2.89. The third-order valence-electron chi connectivity index (χ3n) is 4.16. The van der Waals surface area contributed by atoms with Crippen molar-refractivity contribution in [2.24, 2.45) is 5.10 Å². The summed E-state index contributed by atoms with van der Waals surface area (Å²) in [5.41, 5.74) is 1.79. The van der Waals surface area contributed by atoms with Gasteiger partial charge in [0.2, 0.25) is 0 Å². The first kappa shape index (κ1) is 16.1. The van der Waals surface area contributed by atoms with Crippen molar-refractivity contribution < 1.29 is 13.8 Å². The molecule has 1 aromatic carbocycles. The van der Waals surface area contributed by atoms with Gasteiger partial charge in [-0.2, -0.15) is 0 Å². The molecular formula is C18H16N4O4. The highest BCUT2D eigenvalue weighted by Gasteiger charge is 2.43. The maximum Gasteiger partial charge on any atom is 0.389 e. The van der Waals surface area contributed by atoms with Gasteiger partial charge in [-0.1, -0.05) is 17.7 Å². The summed E-state index contributed by atoms with van der Waals surface area (Å²) in [6.07, 6.45) is 2.51. The molecule has 0 radical (unpaired) electrons. The lowest BCUT2D eigenvalue weighted by molar-refractivity contribution is -0.356. The largest absolute Gasteiger partial charge is 0.467 e. The molecule has 1 aliphatic heterocycles. The smallest absolute Gasteiger partial charge is 0.389 e. The van der Waals surface area contributed by atoms with E-state index in [1.807, 2.05) is 31.2 Å². The zero-order chi connectivity index (χ0) is 18.1. The van der Waals surface area contributed by atoms with Crippen molar-refractivity contribution in [2.45, 2.75) is 19.1 Å². The van der Waals surface area contributed by atoms with Gasteiger partial charge in [-0.3, -0.25) is 5.32 Å². The molecule has 8 nitrogen and oxygen atoms in total. The molecule has 4 rings (SSSR count). The van der Waals surface area contributed by atoms with Crippen LogP contribution in [-0.4, -0.2) is 10.8 Å². The van der Waals surface area contributed by atoms with Crippen LogP contribution in [0.25, 0.3) is 0 Å². The first-order valence-electron chi connectivity index (χ1n) is 8.05. The van der Waals surface area contributed by atoms with Gasteiger partial charge in [0.05, 0.1) is 23.3 Å². The first-order chi connectivity index (χ1) is 12.6. The Morgan fingerprint density at radius 2 is 1.73 bits per heavy atom.